The highest BCUT2D eigenvalue weighted by Crippen LogP contribution is 2.26. The van der Waals surface area contributed by atoms with Crippen LogP contribution in [0.4, 0.5) is 0 Å². The topological polar surface area (TPSA) is 12.5 Å². The minimum Gasteiger partial charge on any atom is -0.457 e. The van der Waals surface area contributed by atoms with Crippen molar-refractivity contribution in [3.63, 3.8) is 0 Å². The third-order valence-electron chi connectivity index (χ3n) is 4.83. The fourth-order valence-electron chi connectivity index (χ4n) is 3.23. The van der Waals surface area contributed by atoms with Crippen LogP contribution in [0, 0.1) is 0 Å². The predicted octanol–water partition coefficient (Wildman–Crippen LogP) is 6.11. The minimum absolute atomic E-state index is 0.580. The summed E-state index contributed by atoms with van der Waals surface area (Å²) < 4.78 is 5.86. The van der Waals surface area contributed by atoms with Crippen molar-refractivity contribution in [3.05, 3.63) is 59.1 Å². The average molecular weight is 344 g/mol. The van der Waals surface area contributed by atoms with Crippen LogP contribution in [0.2, 0.25) is 5.02 Å². The van der Waals surface area contributed by atoms with E-state index in [1.807, 2.05) is 24.3 Å². The lowest BCUT2D eigenvalue weighted by atomic mass is 9.97. The van der Waals surface area contributed by atoms with Crippen LogP contribution in [0.1, 0.15) is 44.1 Å². The molecule has 0 amide bonds. The van der Waals surface area contributed by atoms with Gasteiger partial charge in [0.1, 0.15) is 11.5 Å². The van der Waals surface area contributed by atoms with E-state index in [9.17, 15) is 0 Å². The van der Waals surface area contributed by atoms with Crippen molar-refractivity contribution in [2.24, 2.45) is 0 Å². The smallest absolute Gasteiger partial charge is 0.127 e. The molecule has 0 aromatic heterocycles. The number of benzene rings is 2. The van der Waals surface area contributed by atoms with Gasteiger partial charge in [0.15, 0.2) is 0 Å². The van der Waals surface area contributed by atoms with Crippen molar-refractivity contribution < 1.29 is 4.74 Å². The lowest BCUT2D eigenvalue weighted by Gasteiger charge is -2.27. The average Bonchev–Trinajstić information content (AvgIpc) is 2.63. The Bertz CT molecular complexity index is 617. The fourth-order valence-corrected chi connectivity index (χ4v) is 3.36. The highest BCUT2D eigenvalue weighted by molar-refractivity contribution is 6.30. The van der Waals surface area contributed by atoms with Crippen LogP contribution in [-0.2, 0) is 0 Å². The van der Waals surface area contributed by atoms with Gasteiger partial charge in [-0.25, -0.2) is 0 Å². The SMILES string of the molecule is CC(CCN1CCCCC1)c1ccc(Oc2ccc(Cl)cc2)cc1. The fraction of sp³-hybridized carbons (Fsp3) is 0.429. The summed E-state index contributed by atoms with van der Waals surface area (Å²) >= 11 is 5.90. The van der Waals surface area contributed by atoms with Crippen molar-refractivity contribution >= 4 is 11.6 Å². The summed E-state index contributed by atoms with van der Waals surface area (Å²) in [6.45, 7) is 6.09. The maximum Gasteiger partial charge on any atom is 0.127 e. The van der Waals surface area contributed by atoms with E-state index in [0.717, 1.165) is 16.5 Å². The summed E-state index contributed by atoms with van der Waals surface area (Å²) in [5.41, 5.74) is 1.38. The Labute approximate surface area is 150 Å². The summed E-state index contributed by atoms with van der Waals surface area (Å²) in [6, 6.07) is 15.9. The first kappa shape index (κ1) is 17.3. The number of hydrogen-bond acceptors (Lipinski definition) is 2. The molecule has 0 radical (unpaired) electrons. The number of likely N-dealkylation sites (tertiary alicyclic amines) is 1. The summed E-state index contributed by atoms with van der Waals surface area (Å²) in [6.07, 6.45) is 5.36. The number of halogens is 1. The second kappa shape index (κ2) is 8.55. The molecular formula is C21H26ClNO. The quantitative estimate of drug-likeness (QED) is 0.627. The minimum atomic E-state index is 0.580. The summed E-state index contributed by atoms with van der Waals surface area (Å²) in [4.78, 5) is 2.61. The van der Waals surface area contributed by atoms with Crippen molar-refractivity contribution in [2.45, 2.75) is 38.5 Å². The van der Waals surface area contributed by atoms with Gasteiger partial charge in [0.25, 0.3) is 0 Å². The number of ether oxygens (including phenoxy) is 1. The van der Waals surface area contributed by atoms with Gasteiger partial charge in [-0.2, -0.15) is 0 Å². The Kier molecular flexibility index (Phi) is 6.17. The van der Waals surface area contributed by atoms with E-state index >= 15 is 0 Å². The van der Waals surface area contributed by atoms with Gasteiger partial charge in [0.2, 0.25) is 0 Å². The number of piperidine rings is 1. The Morgan fingerprint density at radius 3 is 2.12 bits per heavy atom. The molecule has 2 aromatic rings. The van der Waals surface area contributed by atoms with Gasteiger partial charge in [-0.1, -0.05) is 37.1 Å². The number of nitrogens with zero attached hydrogens (tertiary/aromatic N) is 1. The van der Waals surface area contributed by atoms with Gasteiger partial charge >= 0.3 is 0 Å². The maximum atomic E-state index is 5.90. The normalized spacial score (nSPS) is 16.8. The van der Waals surface area contributed by atoms with Gasteiger partial charge in [-0.3, -0.25) is 0 Å². The standard InChI is InChI=1S/C21H26ClNO/c1-17(13-16-23-14-3-2-4-15-23)18-5-9-20(10-6-18)24-21-11-7-19(22)8-12-21/h5-12,17H,2-4,13-16H2,1H3. The van der Waals surface area contributed by atoms with Crippen LogP contribution in [0.15, 0.2) is 48.5 Å². The van der Waals surface area contributed by atoms with Crippen LogP contribution in [-0.4, -0.2) is 24.5 Å². The summed E-state index contributed by atoms with van der Waals surface area (Å²) in [5, 5.41) is 0.722. The van der Waals surface area contributed by atoms with Crippen LogP contribution < -0.4 is 4.74 Å². The van der Waals surface area contributed by atoms with E-state index in [1.165, 1.54) is 50.9 Å². The molecule has 1 heterocycles. The third kappa shape index (κ3) is 4.99. The summed E-state index contributed by atoms with van der Waals surface area (Å²) in [7, 11) is 0. The third-order valence-corrected chi connectivity index (χ3v) is 5.08. The zero-order valence-corrected chi connectivity index (χ0v) is 15.1. The van der Waals surface area contributed by atoms with E-state index < -0.39 is 0 Å². The van der Waals surface area contributed by atoms with Crippen LogP contribution in [0.3, 0.4) is 0 Å². The van der Waals surface area contributed by atoms with Gasteiger partial charge in [0, 0.05) is 5.02 Å². The van der Waals surface area contributed by atoms with Crippen LogP contribution in [0.25, 0.3) is 0 Å². The summed E-state index contributed by atoms with van der Waals surface area (Å²) in [5.74, 6) is 2.26. The number of hydrogen-bond donors (Lipinski definition) is 0. The second-order valence-corrected chi connectivity index (χ2v) is 7.15. The monoisotopic (exact) mass is 343 g/mol. The van der Waals surface area contributed by atoms with Crippen molar-refractivity contribution in [1.29, 1.82) is 0 Å². The lowest BCUT2D eigenvalue weighted by Crippen LogP contribution is -2.31. The molecule has 3 heteroatoms. The first-order valence-corrected chi connectivity index (χ1v) is 9.34. The van der Waals surface area contributed by atoms with Crippen molar-refractivity contribution in [2.75, 3.05) is 19.6 Å². The van der Waals surface area contributed by atoms with Crippen LogP contribution >= 0.6 is 11.6 Å². The largest absolute Gasteiger partial charge is 0.457 e. The van der Waals surface area contributed by atoms with E-state index in [0.29, 0.717) is 5.92 Å². The molecule has 1 fully saturated rings. The molecule has 128 valence electrons. The lowest BCUT2D eigenvalue weighted by molar-refractivity contribution is 0.222. The molecular weight excluding hydrogens is 318 g/mol. The van der Waals surface area contributed by atoms with Crippen molar-refractivity contribution in [1.82, 2.24) is 4.90 Å². The van der Waals surface area contributed by atoms with Gasteiger partial charge in [0.05, 0.1) is 0 Å². The van der Waals surface area contributed by atoms with Gasteiger partial charge in [-0.05, 0) is 86.8 Å². The Hall–Kier alpha value is -1.51. The molecule has 1 atom stereocenters. The molecule has 3 rings (SSSR count). The van der Waals surface area contributed by atoms with E-state index in [-0.39, 0.29) is 0 Å². The van der Waals surface area contributed by atoms with Gasteiger partial charge in [-0.15, -0.1) is 0 Å². The molecule has 24 heavy (non-hydrogen) atoms. The van der Waals surface area contributed by atoms with Gasteiger partial charge < -0.3 is 9.64 Å². The molecule has 0 spiro atoms. The Morgan fingerprint density at radius 2 is 1.50 bits per heavy atom. The molecule has 0 N–H and O–H groups in total. The second-order valence-electron chi connectivity index (χ2n) is 6.72. The van der Waals surface area contributed by atoms with Crippen molar-refractivity contribution in [3.8, 4) is 11.5 Å². The Morgan fingerprint density at radius 1 is 0.917 bits per heavy atom. The molecule has 1 unspecified atom stereocenters. The van der Waals surface area contributed by atoms with Crippen LogP contribution in [0.5, 0.6) is 11.5 Å². The molecule has 2 aromatic carbocycles. The highest BCUT2D eigenvalue weighted by Gasteiger charge is 2.12. The van der Waals surface area contributed by atoms with E-state index in [2.05, 4.69) is 36.1 Å². The first-order valence-electron chi connectivity index (χ1n) is 8.96. The van der Waals surface area contributed by atoms with E-state index in [1.54, 1.807) is 0 Å². The Balaban J connectivity index is 1.52. The zero-order valence-electron chi connectivity index (χ0n) is 14.4. The molecule has 0 aliphatic carbocycles. The zero-order chi connectivity index (χ0) is 16.8. The maximum absolute atomic E-state index is 5.90. The molecule has 0 bridgehead atoms. The highest BCUT2D eigenvalue weighted by atomic mass is 35.5. The number of rotatable bonds is 6. The molecule has 1 saturated heterocycles. The molecule has 1 aliphatic heterocycles. The van der Waals surface area contributed by atoms with E-state index in [4.69, 9.17) is 16.3 Å². The molecule has 1 aliphatic rings. The molecule has 0 saturated carbocycles. The predicted molar refractivity (Wildman–Crippen MR) is 101 cm³/mol. The molecule has 2 nitrogen and oxygen atoms in total. The first-order chi connectivity index (χ1) is 11.7.